The summed E-state index contributed by atoms with van der Waals surface area (Å²) in [7, 11) is 2.56. The molecule has 0 nitrogen and oxygen atoms in total. The fourth-order valence-corrected chi connectivity index (χ4v) is 11.5. The van der Waals surface area contributed by atoms with E-state index in [2.05, 4.69) is 13.8 Å². The van der Waals surface area contributed by atoms with Crippen molar-refractivity contribution in [3.05, 3.63) is 0 Å². The van der Waals surface area contributed by atoms with Crippen LogP contribution in [0.5, 0.6) is 0 Å². The van der Waals surface area contributed by atoms with Crippen LogP contribution in [0.25, 0.3) is 0 Å². The first-order valence-corrected chi connectivity index (χ1v) is 28.8. The lowest BCUT2D eigenvalue weighted by atomic mass is 10.0. The summed E-state index contributed by atoms with van der Waals surface area (Å²) < 4.78 is 0. The predicted octanol–water partition coefficient (Wildman–Crippen LogP) is 20.2. The van der Waals surface area contributed by atoms with Crippen LogP contribution >= 0.6 is 16.5 Å². The molecule has 0 spiro atoms. The summed E-state index contributed by atoms with van der Waals surface area (Å²) in [6, 6.07) is 0. The van der Waals surface area contributed by atoms with Crippen LogP contribution in [-0.2, 0) is 0 Å². The molecule has 0 rings (SSSR count). The van der Waals surface area contributed by atoms with Gasteiger partial charge in [-0.05, 0) is 25.2 Å². The van der Waals surface area contributed by atoms with Gasteiger partial charge in [-0.2, -0.15) is 0 Å². The molecule has 2 atom stereocenters. The van der Waals surface area contributed by atoms with Gasteiger partial charge in [0.05, 0.1) is 0 Å². The minimum atomic E-state index is 1.28. The lowest BCUT2D eigenvalue weighted by Crippen LogP contribution is -1.85. The Morgan fingerprint density at radius 2 is 0.269 bits per heavy atom. The number of hydrogen-bond donors (Lipinski definition) is 0. The van der Waals surface area contributed by atoms with Gasteiger partial charge in [0.15, 0.2) is 0 Å². The molecule has 0 saturated carbocycles. The quantitative estimate of drug-likeness (QED) is 0.0427. The van der Waals surface area contributed by atoms with Crippen molar-refractivity contribution in [1.29, 1.82) is 0 Å². The number of unbranched alkanes of at least 4 members (excludes halogenated alkanes) is 44. The lowest BCUT2D eigenvalue weighted by Gasteiger charge is -2.05. The molecule has 0 aromatic heterocycles. The van der Waals surface area contributed by atoms with Gasteiger partial charge in [0.1, 0.15) is 0 Å². The Bertz CT molecular complexity index is 527. The predicted molar refractivity (Wildman–Crippen MR) is 250 cm³/mol. The molecule has 0 fully saturated rings. The van der Waals surface area contributed by atoms with E-state index in [0.717, 1.165) is 0 Å². The summed E-state index contributed by atoms with van der Waals surface area (Å²) in [5, 5.41) is 0. The Morgan fingerprint density at radius 3 is 0.404 bits per heavy atom. The first-order valence-electron chi connectivity index (χ1n) is 25.4. The molecule has 0 aliphatic carbocycles. The van der Waals surface area contributed by atoms with E-state index in [1.165, 1.54) is 324 Å². The van der Waals surface area contributed by atoms with Crippen LogP contribution in [0, 0.1) is 0 Å². The summed E-state index contributed by atoms with van der Waals surface area (Å²) in [6.07, 6.45) is 71.6. The van der Waals surface area contributed by atoms with Crippen molar-refractivity contribution in [2.45, 2.75) is 309 Å². The van der Waals surface area contributed by atoms with E-state index >= 15 is 0 Å². The average molecular weight is 767 g/mol. The molecule has 0 aliphatic rings. The molecule has 0 aromatic rings. The second-order valence-corrected chi connectivity index (χ2v) is 21.2. The van der Waals surface area contributed by atoms with Crippen molar-refractivity contribution in [1.82, 2.24) is 0 Å². The van der Waals surface area contributed by atoms with Crippen LogP contribution in [0.3, 0.4) is 0 Å². The van der Waals surface area contributed by atoms with Gasteiger partial charge in [0, 0.05) is 0 Å². The summed E-state index contributed by atoms with van der Waals surface area (Å²) in [5.41, 5.74) is 0. The van der Waals surface area contributed by atoms with Gasteiger partial charge in [0.2, 0.25) is 0 Å². The van der Waals surface area contributed by atoms with Gasteiger partial charge in [0.25, 0.3) is 0 Å². The molecule has 0 aromatic carbocycles. The lowest BCUT2D eigenvalue weighted by molar-refractivity contribution is 0.519. The van der Waals surface area contributed by atoms with Gasteiger partial charge in [-0.1, -0.05) is 313 Å². The monoisotopic (exact) mass is 767 g/mol. The average Bonchev–Trinajstić information content (AvgIpc) is 3.16. The van der Waals surface area contributed by atoms with Crippen molar-refractivity contribution in [3.63, 3.8) is 0 Å². The number of rotatable bonds is 49. The first-order chi connectivity index (χ1) is 25.9. The molecule has 52 heavy (non-hydrogen) atoms. The minimum Gasteiger partial charge on any atom is -0.0992 e. The second-order valence-electron chi connectivity index (χ2n) is 17.4. The highest BCUT2D eigenvalue weighted by Gasteiger charge is 1.99. The molecule has 0 radical (unpaired) electrons. The van der Waals surface area contributed by atoms with Gasteiger partial charge in [-0.25, -0.2) is 0 Å². The zero-order valence-electron chi connectivity index (χ0n) is 36.9. The van der Waals surface area contributed by atoms with E-state index in [4.69, 9.17) is 0 Å². The highest BCUT2D eigenvalue weighted by molar-refractivity contribution is 8.11. The van der Waals surface area contributed by atoms with Gasteiger partial charge in [-0.3, -0.25) is 0 Å². The molecule has 314 valence electrons. The van der Waals surface area contributed by atoms with E-state index in [0.29, 0.717) is 0 Å². The van der Waals surface area contributed by atoms with Gasteiger partial charge >= 0.3 is 0 Å². The standard InChI is InChI=1S/C50H104P2/c1-3-5-7-9-11-13-15-17-19-21-23-25-27-29-31-33-35-37-39-41-43-45-47-49-51-52-50-48-46-44-42-40-38-36-34-32-30-28-26-24-22-20-18-16-14-12-10-8-6-4-2/h51-52H,3-50H2,1-2H3. The Labute approximate surface area is 336 Å². The minimum absolute atomic E-state index is 1.28. The van der Waals surface area contributed by atoms with E-state index in [1.54, 1.807) is 0 Å². The first kappa shape index (κ1) is 52.9. The maximum atomic E-state index is 2.31. The summed E-state index contributed by atoms with van der Waals surface area (Å²) >= 11 is 0. The third-order valence-corrected chi connectivity index (χ3v) is 15.6. The fraction of sp³-hybridized carbons (Fsp3) is 1.00. The van der Waals surface area contributed by atoms with Crippen molar-refractivity contribution in [2.24, 2.45) is 0 Å². The SMILES string of the molecule is CCCCCCCCCCCCCCCCCCCCCCCCCPPCCCCCCCCCCCCCCCCCCCCCCCCC. The Kier molecular flexibility index (Phi) is 52.7. The highest BCUT2D eigenvalue weighted by atomic mass is 32.0. The summed E-state index contributed by atoms with van der Waals surface area (Å²) in [5.74, 6) is 0. The summed E-state index contributed by atoms with van der Waals surface area (Å²) in [6.45, 7) is 4.63. The molecular weight excluding hydrogens is 662 g/mol. The third kappa shape index (κ3) is 50.9. The largest absolute Gasteiger partial charge is 0.0992 e. The molecule has 2 unspecified atom stereocenters. The van der Waals surface area contributed by atoms with Crippen LogP contribution in [0.2, 0.25) is 0 Å². The van der Waals surface area contributed by atoms with Crippen LogP contribution in [-0.4, -0.2) is 12.3 Å². The Balaban J connectivity index is 3.04. The van der Waals surface area contributed by atoms with Crippen molar-refractivity contribution in [3.8, 4) is 0 Å². The van der Waals surface area contributed by atoms with E-state index in [1.807, 2.05) is 0 Å². The Hall–Kier alpha value is 0.860. The van der Waals surface area contributed by atoms with Gasteiger partial charge < -0.3 is 0 Å². The van der Waals surface area contributed by atoms with Crippen LogP contribution in [0.1, 0.15) is 309 Å². The molecule has 0 saturated heterocycles. The summed E-state index contributed by atoms with van der Waals surface area (Å²) in [4.78, 5) is 0. The molecule has 0 amide bonds. The molecule has 0 aliphatic heterocycles. The molecule has 2 heteroatoms. The van der Waals surface area contributed by atoms with Gasteiger partial charge in [-0.15, -0.1) is 0 Å². The third-order valence-electron chi connectivity index (χ3n) is 11.9. The topological polar surface area (TPSA) is 0 Å². The Morgan fingerprint density at radius 1 is 0.154 bits per heavy atom. The van der Waals surface area contributed by atoms with E-state index in [9.17, 15) is 0 Å². The second kappa shape index (κ2) is 51.9. The van der Waals surface area contributed by atoms with E-state index < -0.39 is 0 Å². The maximum Gasteiger partial charge on any atom is -0.0317 e. The van der Waals surface area contributed by atoms with Crippen molar-refractivity contribution >= 4 is 16.5 Å². The van der Waals surface area contributed by atoms with Crippen LogP contribution < -0.4 is 0 Å². The molecule has 0 bridgehead atoms. The zero-order valence-corrected chi connectivity index (χ0v) is 38.9. The van der Waals surface area contributed by atoms with Crippen molar-refractivity contribution in [2.75, 3.05) is 12.3 Å². The van der Waals surface area contributed by atoms with Crippen LogP contribution in [0.4, 0.5) is 0 Å². The smallest absolute Gasteiger partial charge is 0.0317 e. The molecular formula is C50H104P2. The van der Waals surface area contributed by atoms with Crippen molar-refractivity contribution < 1.29 is 0 Å². The normalized spacial score (nSPS) is 12.1. The maximum absolute atomic E-state index is 2.31. The number of hydrogen-bond acceptors (Lipinski definition) is 0. The molecule has 0 heterocycles. The molecule has 0 N–H and O–H groups in total. The fourth-order valence-electron chi connectivity index (χ4n) is 8.17. The zero-order chi connectivity index (χ0) is 37.4. The van der Waals surface area contributed by atoms with Crippen LogP contribution in [0.15, 0.2) is 0 Å². The highest BCUT2D eigenvalue weighted by Crippen LogP contribution is 2.38. The van der Waals surface area contributed by atoms with E-state index in [-0.39, 0.29) is 0 Å².